The van der Waals surface area contributed by atoms with Gasteiger partial charge >= 0.3 is 0 Å². The van der Waals surface area contributed by atoms with Gasteiger partial charge in [-0.3, -0.25) is 0 Å². The first kappa shape index (κ1) is 11.8. The largest absolute Gasteiger partial charge is 0.456 e. The minimum atomic E-state index is 0.570. The Labute approximate surface area is 113 Å². The van der Waals surface area contributed by atoms with E-state index in [0.29, 0.717) is 11.3 Å². The van der Waals surface area contributed by atoms with Crippen molar-refractivity contribution in [2.75, 3.05) is 0 Å². The van der Waals surface area contributed by atoms with Crippen LogP contribution in [0.5, 0.6) is 11.5 Å². The van der Waals surface area contributed by atoms with Gasteiger partial charge in [0.15, 0.2) is 0 Å². The molecule has 3 rings (SSSR count). The zero-order chi connectivity index (χ0) is 13.1. The second kappa shape index (κ2) is 5.16. The quantitative estimate of drug-likeness (QED) is 0.798. The molecule has 2 nitrogen and oxygen atoms in total. The normalized spacial score (nSPS) is 13.4. The van der Waals surface area contributed by atoms with Gasteiger partial charge in [0.2, 0.25) is 0 Å². The second-order valence-corrected chi connectivity index (χ2v) is 4.85. The molecule has 0 fully saturated rings. The molecular formula is C17H15NO. The fourth-order valence-electron chi connectivity index (χ4n) is 2.55. The molecule has 94 valence electrons. The molecule has 0 heterocycles. The van der Waals surface area contributed by atoms with Crippen LogP contribution < -0.4 is 4.74 Å². The van der Waals surface area contributed by atoms with Crippen molar-refractivity contribution >= 4 is 0 Å². The molecule has 19 heavy (non-hydrogen) atoms. The first-order chi connectivity index (χ1) is 9.36. The summed E-state index contributed by atoms with van der Waals surface area (Å²) in [7, 11) is 0. The van der Waals surface area contributed by atoms with Crippen LogP contribution in [0, 0.1) is 11.3 Å². The molecule has 0 atom stereocenters. The van der Waals surface area contributed by atoms with E-state index in [9.17, 15) is 0 Å². The SMILES string of the molecule is N#Cc1ccccc1Oc1ccc2c(c1)CCCC2. The highest BCUT2D eigenvalue weighted by molar-refractivity contribution is 5.46. The van der Waals surface area contributed by atoms with Crippen LogP contribution in [0.3, 0.4) is 0 Å². The molecule has 0 aromatic heterocycles. The summed E-state index contributed by atoms with van der Waals surface area (Å²) in [6, 6.07) is 15.7. The van der Waals surface area contributed by atoms with Crippen molar-refractivity contribution in [1.82, 2.24) is 0 Å². The van der Waals surface area contributed by atoms with E-state index in [1.54, 1.807) is 6.07 Å². The molecular weight excluding hydrogens is 234 g/mol. The molecule has 0 amide bonds. The lowest BCUT2D eigenvalue weighted by Gasteiger charge is -2.16. The van der Waals surface area contributed by atoms with Crippen molar-refractivity contribution in [3.8, 4) is 17.6 Å². The second-order valence-electron chi connectivity index (χ2n) is 4.85. The summed E-state index contributed by atoms with van der Waals surface area (Å²) in [5.74, 6) is 1.45. The summed E-state index contributed by atoms with van der Waals surface area (Å²) in [4.78, 5) is 0. The van der Waals surface area contributed by atoms with Crippen molar-refractivity contribution < 1.29 is 4.74 Å². The minimum Gasteiger partial charge on any atom is -0.456 e. The Bertz CT molecular complexity index is 640. The Hall–Kier alpha value is -2.27. The number of nitrogens with zero attached hydrogens (tertiary/aromatic N) is 1. The van der Waals surface area contributed by atoms with E-state index in [1.165, 1.54) is 30.4 Å². The molecule has 2 heteroatoms. The zero-order valence-corrected chi connectivity index (χ0v) is 10.7. The highest BCUT2D eigenvalue weighted by Crippen LogP contribution is 2.29. The van der Waals surface area contributed by atoms with E-state index in [-0.39, 0.29) is 0 Å². The lowest BCUT2D eigenvalue weighted by molar-refractivity contribution is 0.479. The third-order valence-corrected chi connectivity index (χ3v) is 3.56. The number of benzene rings is 2. The van der Waals surface area contributed by atoms with E-state index in [0.717, 1.165) is 12.2 Å². The Kier molecular flexibility index (Phi) is 3.20. The van der Waals surface area contributed by atoms with E-state index in [4.69, 9.17) is 10.00 Å². The Morgan fingerprint density at radius 3 is 2.58 bits per heavy atom. The van der Waals surface area contributed by atoms with Crippen LogP contribution in [-0.4, -0.2) is 0 Å². The lowest BCUT2D eigenvalue weighted by Crippen LogP contribution is -2.02. The molecule has 1 aliphatic carbocycles. The summed E-state index contributed by atoms with van der Waals surface area (Å²) in [5.41, 5.74) is 3.39. The number of ether oxygens (including phenoxy) is 1. The van der Waals surface area contributed by atoms with Gasteiger partial charge in [0.05, 0.1) is 5.56 Å². The van der Waals surface area contributed by atoms with Gasteiger partial charge in [-0.25, -0.2) is 0 Å². The maximum absolute atomic E-state index is 9.06. The summed E-state index contributed by atoms with van der Waals surface area (Å²) in [5, 5.41) is 9.06. The third kappa shape index (κ3) is 2.46. The molecule has 0 aliphatic heterocycles. The maximum Gasteiger partial charge on any atom is 0.145 e. The summed E-state index contributed by atoms with van der Waals surface area (Å²) in [6.45, 7) is 0. The van der Waals surface area contributed by atoms with E-state index >= 15 is 0 Å². The van der Waals surface area contributed by atoms with Gasteiger partial charge in [-0.2, -0.15) is 5.26 Å². The molecule has 0 bridgehead atoms. The van der Waals surface area contributed by atoms with Crippen LogP contribution in [-0.2, 0) is 12.8 Å². The highest BCUT2D eigenvalue weighted by atomic mass is 16.5. The molecule has 0 saturated heterocycles. The topological polar surface area (TPSA) is 33.0 Å². The number of hydrogen-bond donors (Lipinski definition) is 0. The van der Waals surface area contributed by atoms with Crippen LogP contribution in [0.15, 0.2) is 42.5 Å². The Morgan fingerprint density at radius 2 is 1.74 bits per heavy atom. The van der Waals surface area contributed by atoms with Gasteiger partial charge in [-0.15, -0.1) is 0 Å². The van der Waals surface area contributed by atoms with Gasteiger partial charge in [0, 0.05) is 0 Å². The fraction of sp³-hybridized carbons (Fsp3) is 0.235. The molecule has 0 radical (unpaired) electrons. The number of nitriles is 1. The van der Waals surface area contributed by atoms with Crippen LogP contribution >= 0.6 is 0 Å². The number of para-hydroxylation sites is 1. The van der Waals surface area contributed by atoms with E-state index in [1.807, 2.05) is 24.3 Å². The average molecular weight is 249 g/mol. The number of fused-ring (bicyclic) bond motifs is 1. The smallest absolute Gasteiger partial charge is 0.145 e. The van der Waals surface area contributed by atoms with Gasteiger partial charge in [0.1, 0.15) is 17.6 Å². The van der Waals surface area contributed by atoms with Gasteiger partial charge < -0.3 is 4.74 Å². The first-order valence-electron chi connectivity index (χ1n) is 6.65. The maximum atomic E-state index is 9.06. The standard InChI is InChI=1S/C17H15NO/c18-12-15-7-3-4-8-17(15)19-16-10-9-13-5-1-2-6-14(13)11-16/h3-4,7-11H,1-2,5-6H2. The average Bonchev–Trinajstić information content (AvgIpc) is 2.48. The number of rotatable bonds is 2. The zero-order valence-electron chi connectivity index (χ0n) is 10.7. The van der Waals surface area contributed by atoms with Crippen LogP contribution in [0.4, 0.5) is 0 Å². The Balaban J connectivity index is 1.89. The predicted octanol–water partition coefficient (Wildman–Crippen LogP) is 4.23. The monoisotopic (exact) mass is 249 g/mol. The van der Waals surface area contributed by atoms with Gasteiger partial charge in [-0.1, -0.05) is 18.2 Å². The predicted molar refractivity (Wildman–Crippen MR) is 74.3 cm³/mol. The summed E-state index contributed by atoms with van der Waals surface area (Å²) in [6.07, 6.45) is 4.84. The van der Waals surface area contributed by atoms with Crippen molar-refractivity contribution in [2.24, 2.45) is 0 Å². The first-order valence-corrected chi connectivity index (χ1v) is 6.65. The lowest BCUT2D eigenvalue weighted by atomic mass is 9.92. The molecule has 2 aromatic carbocycles. The fourth-order valence-corrected chi connectivity index (χ4v) is 2.55. The van der Waals surface area contributed by atoms with Crippen molar-refractivity contribution in [2.45, 2.75) is 25.7 Å². The van der Waals surface area contributed by atoms with E-state index in [2.05, 4.69) is 18.2 Å². The van der Waals surface area contributed by atoms with Crippen LogP contribution in [0.25, 0.3) is 0 Å². The molecule has 0 saturated carbocycles. The van der Waals surface area contributed by atoms with Crippen molar-refractivity contribution in [3.63, 3.8) is 0 Å². The molecule has 1 aliphatic rings. The van der Waals surface area contributed by atoms with Gasteiger partial charge in [0.25, 0.3) is 0 Å². The number of aryl methyl sites for hydroxylation is 2. The Morgan fingerprint density at radius 1 is 0.947 bits per heavy atom. The third-order valence-electron chi connectivity index (χ3n) is 3.56. The molecule has 0 unspecified atom stereocenters. The summed E-state index contributed by atoms with van der Waals surface area (Å²) >= 11 is 0. The highest BCUT2D eigenvalue weighted by Gasteiger charge is 2.11. The van der Waals surface area contributed by atoms with Crippen LogP contribution in [0.1, 0.15) is 29.5 Å². The molecule has 0 N–H and O–H groups in total. The van der Waals surface area contributed by atoms with Gasteiger partial charge in [-0.05, 0) is 61.1 Å². The summed E-state index contributed by atoms with van der Waals surface area (Å²) < 4.78 is 5.84. The molecule has 2 aromatic rings. The van der Waals surface area contributed by atoms with E-state index < -0.39 is 0 Å². The van der Waals surface area contributed by atoms with Crippen molar-refractivity contribution in [1.29, 1.82) is 5.26 Å². The van der Waals surface area contributed by atoms with Crippen LogP contribution in [0.2, 0.25) is 0 Å². The van der Waals surface area contributed by atoms with Crippen molar-refractivity contribution in [3.05, 3.63) is 59.2 Å². The minimum absolute atomic E-state index is 0.570. The number of hydrogen-bond acceptors (Lipinski definition) is 2. The molecule has 0 spiro atoms.